The first-order chi connectivity index (χ1) is 13.9. The molecule has 0 radical (unpaired) electrons. The monoisotopic (exact) mass is 418 g/mol. The van der Waals surface area contributed by atoms with Gasteiger partial charge < -0.3 is 9.64 Å². The summed E-state index contributed by atoms with van der Waals surface area (Å²) in [4.78, 5) is 30.3. The van der Waals surface area contributed by atoms with Crippen LogP contribution in [0.25, 0.3) is 10.2 Å². The first-order valence-corrected chi connectivity index (χ1v) is 9.96. The van der Waals surface area contributed by atoms with Gasteiger partial charge in [-0.1, -0.05) is 12.1 Å². The molecule has 0 saturated heterocycles. The number of hydrogen-bond donors (Lipinski definition) is 0. The number of aromatic nitrogens is 1. The van der Waals surface area contributed by atoms with E-state index < -0.39 is 17.6 Å². The molecule has 5 nitrogen and oxygen atoms in total. The summed E-state index contributed by atoms with van der Waals surface area (Å²) in [6.45, 7) is 3.95. The summed E-state index contributed by atoms with van der Waals surface area (Å²) < 4.78 is 32.5. The number of rotatable bonds is 7. The van der Waals surface area contributed by atoms with E-state index in [0.29, 0.717) is 16.2 Å². The van der Waals surface area contributed by atoms with Crippen LogP contribution < -0.4 is 4.90 Å². The fourth-order valence-electron chi connectivity index (χ4n) is 2.88. The van der Waals surface area contributed by atoms with Crippen LogP contribution in [0.4, 0.5) is 14.5 Å². The van der Waals surface area contributed by atoms with E-state index in [4.69, 9.17) is 4.74 Å². The maximum absolute atomic E-state index is 14.0. The Kier molecular flexibility index (Phi) is 6.53. The van der Waals surface area contributed by atoms with Gasteiger partial charge in [0, 0.05) is 12.1 Å². The fourth-order valence-corrected chi connectivity index (χ4v) is 3.86. The molecule has 0 atom stereocenters. The van der Waals surface area contributed by atoms with E-state index in [1.165, 1.54) is 11.0 Å². The van der Waals surface area contributed by atoms with E-state index in [1.807, 2.05) is 25.1 Å². The molecular formula is C21H20F2N2O3S. The highest BCUT2D eigenvalue weighted by atomic mass is 32.1. The smallest absolute Gasteiger partial charge is 0.306 e. The lowest BCUT2D eigenvalue weighted by Crippen LogP contribution is -2.30. The number of anilines is 1. The predicted octanol–water partition coefficient (Wildman–Crippen LogP) is 4.76. The molecule has 3 rings (SSSR count). The largest absolute Gasteiger partial charge is 0.466 e. The molecule has 1 aromatic heterocycles. The fraction of sp³-hybridized carbons (Fsp3) is 0.286. The molecule has 0 bridgehead atoms. The molecule has 29 heavy (non-hydrogen) atoms. The molecule has 152 valence electrons. The average molecular weight is 418 g/mol. The van der Waals surface area contributed by atoms with E-state index in [1.54, 1.807) is 13.0 Å². The zero-order valence-electron chi connectivity index (χ0n) is 16.1. The average Bonchev–Trinajstić information content (AvgIpc) is 3.11. The number of thiazole rings is 1. The van der Waals surface area contributed by atoms with E-state index >= 15 is 0 Å². The third-order valence-corrected chi connectivity index (χ3v) is 5.30. The van der Waals surface area contributed by atoms with Crippen molar-refractivity contribution in [3.05, 3.63) is 58.6 Å². The van der Waals surface area contributed by atoms with Crippen LogP contribution in [-0.2, 0) is 20.9 Å². The number of amides is 1. The maximum Gasteiger partial charge on any atom is 0.306 e. The number of carbonyl (C=O) groups is 2. The second-order valence-electron chi connectivity index (χ2n) is 6.44. The molecule has 1 heterocycles. The maximum atomic E-state index is 14.0. The lowest BCUT2D eigenvalue weighted by Gasteiger charge is -2.22. The van der Waals surface area contributed by atoms with Gasteiger partial charge in [-0.2, -0.15) is 0 Å². The normalized spacial score (nSPS) is 10.9. The number of aryl methyl sites for hydroxylation is 1. The van der Waals surface area contributed by atoms with Gasteiger partial charge in [-0.3, -0.25) is 9.59 Å². The second-order valence-corrected chi connectivity index (χ2v) is 7.52. The number of halogens is 2. The van der Waals surface area contributed by atoms with Crippen LogP contribution in [0.3, 0.4) is 0 Å². The molecule has 0 spiro atoms. The van der Waals surface area contributed by atoms with Crippen LogP contribution in [-0.4, -0.2) is 23.5 Å². The predicted molar refractivity (Wildman–Crippen MR) is 108 cm³/mol. The van der Waals surface area contributed by atoms with Crippen molar-refractivity contribution in [3.8, 4) is 0 Å². The molecule has 0 aliphatic heterocycles. The Morgan fingerprint density at radius 3 is 2.69 bits per heavy atom. The Morgan fingerprint density at radius 1 is 1.17 bits per heavy atom. The van der Waals surface area contributed by atoms with E-state index in [2.05, 4.69) is 4.98 Å². The molecule has 0 fully saturated rings. The first kappa shape index (κ1) is 20.9. The topological polar surface area (TPSA) is 59.5 Å². The third kappa shape index (κ3) is 4.95. The van der Waals surface area contributed by atoms with Crippen molar-refractivity contribution < 1.29 is 23.1 Å². The molecule has 0 saturated carbocycles. The quantitative estimate of drug-likeness (QED) is 0.519. The molecular weight excluding hydrogens is 398 g/mol. The van der Waals surface area contributed by atoms with Crippen molar-refractivity contribution in [1.29, 1.82) is 0 Å². The zero-order valence-corrected chi connectivity index (χ0v) is 16.9. The SMILES string of the molecule is CCOC(=O)CCC(=O)N(Cc1nc2ccc(F)c(F)c2s1)c1cccc(C)c1. The minimum Gasteiger partial charge on any atom is -0.466 e. The van der Waals surface area contributed by atoms with Gasteiger partial charge in [0.1, 0.15) is 5.01 Å². The van der Waals surface area contributed by atoms with Crippen LogP contribution in [0.2, 0.25) is 0 Å². The number of ether oxygens (including phenoxy) is 1. The highest BCUT2D eigenvalue weighted by Crippen LogP contribution is 2.29. The van der Waals surface area contributed by atoms with Gasteiger partial charge in [-0.05, 0) is 43.7 Å². The number of esters is 1. The number of benzene rings is 2. The van der Waals surface area contributed by atoms with Crippen molar-refractivity contribution in [2.75, 3.05) is 11.5 Å². The number of nitrogens with zero attached hydrogens (tertiary/aromatic N) is 2. The van der Waals surface area contributed by atoms with Crippen molar-refractivity contribution in [1.82, 2.24) is 4.98 Å². The van der Waals surface area contributed by atoms with Gasteiger partial charge in [-0.15, -0.1) is 11.3 Å². The summed E-state index contributed by atoms with van der Waals surface area (Å²) in [5, 5.41) is 0.468. The van der Waals surface area contributed by atoms with Gasteiger partial charge in [0.25, 0.3) is 0 Å². The number of fused-ring (bicyclic) bond motifs is 1. The van der Waals surface area contributed by atoms with Crippen LogP contribution in [0, 0.1) is 18.6 Å². The van der Waals surface area contributed by atoms with Crippen molar-refractivity contribution >= 4 is 39.1 Å². The van der Waals surface area contributed by atoms with Gasteiger partial charge in [0.05, 0.1) is 29.8 Å². The Hall–Kier alpha value is -2.87. The summed E-state index contributed by atoms with van der Waals surface area (Å²) in [6, 6.07) is 9.79. The van der Waals surface area contributed by atoms with Gasteiger partial charge in [0.2, 0.25) is 5.91 Å². The van der Waals surface area contributed by atoms with Crippen molar-refractivity contribution in [3.63, 3.8) is 0 Å². The van der Waals surface area contributed by atoms with Gasteiger partial charge >= 0.3 is 5.97 Å². The molecule has 0 aliphatic carbocycles. The van der Waals surface area contributed by atoms with E-state index in [0.717, 1.165) is 23.0 Å². The molecule has 1 amide bonds. The Balaban J connectivity index is 1.88. The molecule has 2 aromatic carbocycles. The molecule has 0 N–H and O–H groups in total. The highest BCUT2D eigenvalue weighted by Gasteiger charge is 2.21. The Labute approximate surface area is 170 Å². The van der Waals surface area contributed by atoms with Crippen LogP contribution in [0.15, 0.2) is 36.4 Å². The Morgan fingerprint density at radius 2 is 1.97 bits per heavy atom. The summed E-state index contributed by atoms with van der Waals surface area (Å²) in [7, 11) is 0. The Bertz CT molecular complexity index is 1050. The third-order valence-electron chi connectivity index (χ3n) is 4.25. The summed E-state index contributed by atoms with van der Waals surface area (Å²) in [5.41, 5.74) is 1.94. The molecule has 8 heteroatoms. The first-order valence-electron chi connectivity index (χ1n) is 9.15. The summed E-state index contributed by atoms with van der Waals surface area (Å²) >= 11 is 1.00. The van der Waals surface area contributed by atoms with E-state index in [9.17, 15) is 18.4 Å². The van der Waals surface area contributed by atoms with Crippen molar-refractivity contribution in [2.45, 2.75) is 33.2 Å². The second kappa shape index (κ2) is 9.09. The van der Waals surface area contributed by atoms with Crippen molar-refractivity contribution in [2.24, 2.45) is 0 Å². The number of carbonyl (C=O) groups excluding carboxylic acids is 2. The molecule has 0 unspecified atom stereocenters. The van der Waals surface area contributed by atoms with Crippen LogP contribution in [0.1, 0.15) is 30.3 Å². The lowest BCUT2D eigenvalue weighted by atomic mass is 10.2. The van der Waals surface area contributed by atoms with Crippen LogP contribution in [0.5, 0.6) is 0 Å². The summed E-state index contributed by atoms with van der Waals surface area (Å²) in [5.74, 6) is -2.60. The molecule has 3 aromatic rings. The number of hydrogen-bond acceptors (Lipinski definition) is 5. The van der Waals surface area contributed by atoms with Gasteiger partial charge in [-0.25, -0.2) is 13.8 Å². The highest BCUT2D eigenvalue weighted by molar-refractivity contribution is 7.18. The lowest BCUT2D eigenvalue weighted by molar-refractivity contribution is -0.144. The van der Waals surface area contributed by atoms with E-state index in [-0.39, 0.29) is 36.6 Å². The van der Waals surface area contributed by atoms with Crippen LogP contribution >= 0.6 is 11.3 Å². The van der Waals surface area contributed by atoms with Gasteiger partial charge in [0.15, 0.2) is 11.6 Å². The summed E-state index contributed by atoms with van der Waals surface area (Å²) in [6.07, 6.45) is -0.0602. The zero-order chi connectivity index (χ0) is 21.0. The molecule has 0 aliphatic rings. The minimum atomic E-state index is -0.943. The minimum absolute atomic E-state index is 0.0271. The standard InChI is InChI=1S/C21H20F2N2O3S/c1-3-28-19(27)10-9-18(26)25(14-6-4-5-13(2)11-14)12-17-24-16-8-7-15(22)20(23)21(16)29-17/h4-8,11H,3,9-10,12H2,1-2H3.